The number of nitrogens with one attached hydrogen (secondary N) is 1. The van der Waals surface area contributed by atoms with E-state index >= 15 is 0 Å². The summed E-state index contributed by atoms with van der Waals surface area (Å²) in [6, 6.07) is 0.219. The summed E-state index contributed by atoms with van der Waals surface area (Å²) in [5.74, 6) is 0.503. The van der Waals surface area contributed by atoms with Crippen molar-refractivity contribution in [2.45, 2.75) is 58.0 Å². The molecule has 0 amide bonds. The van der Waals surface area contributed by atoms with E-state index in [2.05, 4.69) is 12.2 Å². The molecule has 2 heterocycles. The molecular formula is C16H31NO4. The van der Waals surface area contributed by atoms with Crippen LogP contribution in [0.5, 0.6) is 0 Å². The van der Waals surface area contributed by atoms with Crippen molar-refractivity contribution >= 4 is 0 Å². The van der Waals surface area contributed by atoms with Gasteiger partial charge in [-0.05, 0) is 39.2 Å². The molecule has 5 heteroatoms. The zero-order valence-electron chi connectivity index (χ0n) is 13.7. The Bertz CT molecular complexity index is 288. The smallest absolute Gasteiger partial charge is 0.172 e. The molecule has 0 radical (unpaired) electrons. The predicted octanol–water partition coefficient (Wildman–Crippen LogP) is 1.95. The second-order valence-electron chi connectivity index (χ2n) is 5.95. The van der Waals surface area contributed by atoms with Crippen LogP contribution in [0, 0.1) is 5.92 Å². The maximum absolute atomic E-state index is 6.05. The van der Waals surface area contributed by atoms with Gasteiger partial charge in [-0.25, -0.2) is 0 Å². The summed E-state index contributed by atoms with van der Waals surface area (Å²) in [5.41, 5.74) is -0.0699. The first-order valence-electron chi connectivity index (χ1n) is 8.43. The van der Waals surface area contributed by atoms with Crippen LogP contribution in [-0.4, -0.2) is 57.5 Å². The number of hydrogen-bond acceptors (Lipinski definition) is 5. The van der Waals surface area contributed by atoms with Crippen LogP contribution < -0.4 is 5.32 Å². The lowest BCUT2D eigenvalue weighted by Gasteiger charge is -2.42. The zero-order valence-corrected chi connectivity index (χ0v) is 13.7. The maximum Gasteiger partial charge on any atom is 0.172 e. The fraction of sp³-hybridized carbons (Fsp3) is 1.00. The van der Waals surface area contributed by atoms with Gasteiger partial charge in [0.15, 0.2) is 6.29 Å². The lowest BCUT2D eigenvalue weighted by molar-refractivity contribution is -0.178. The fourth-order valence-corrected chi connectivity index (χ4v) is 3.54. The largest absolute Gasteiger partial charge is 0.378 e. The molecule has 2 fully saturated rings. The normalized spacial score (nSPS) is 31.1. The van der Waals surface area contributed by atoms with Gasteiger partial charge in [-0.15, -0.1) is 0 Å². The number of hydrogen-bond donors (Lipinski definition) is 1. The van der Waals surface area contributed by atoms with Gasteiger partial charge in [0.2, 0.25) is 0 Å². The van der Waals surface area contributed by atoms with Crippen molar-refractivity contribution in [2.75, 3.05) is 39.6 Å². The van der Waals surface area contributed by atoms with E-state index in [0.717, 1.165) is 45.6 Å². The van der Waals surface area contributed by atoms with E-state index in [-0.39, 0.29) is 17.9 Å². The van der Waals surface area contributed by atoms with Gasteiger partial charge in [-0.2, -0.15) is 0 Å². The molecule has 21 heavy (non-hydrogen) atoms. The van der Waals surface area contributed by atoms with Gasteiger partial charge in [0.1, 0.15) is 0 Å². The van der Waals surface area contributed by atoms with E-state index in [1.54, 1.807) is 0 Å². The second kappa shape index (κ2) is 8.44. The van der Waals surface area contributed by atoms with Crippen LogP contribution in [0.2, 0.25) is 0 Å². The van der Waals surface area contributed by atoms with Crippen molar-refractivity contribution in [1.82, 2.24) is 5.32 Å². The molecule has 0 aromatic carbocycles. The van der Waals surface area contributed by atoms with Gasteiger partial charge in [0, 0.05) is 32.8 Å². The van der Waals surface area contributed by atoms with Crippen molar-refractivity contribution in [1.29, 1.82) is 0 Å². The molecule has 0 saturated carbocycles. The highest BCUT2D eigenvalue weighted by Gasteiger charge is 2.44. The van der Waals surface area contributed by atoms with Crippen molar-refractivity contribution in [3.63, 3.8) is 0 Å². The molecule has 2 aliphatic rings. The molecule has 0 aliphatic carbocycles. The highest BCUT2D eigenvalue weighted by molar-refractivity contribution is 4.94. The summed E-state index contributed by atoms with van der Waals surface area (Å²) < 4.78 is 23.3. The number of ether oxygens (including phenoxy) is 4. The van der Waals surface area contributed by atoms with E-state index in [9.17, 15) is 0 Å². The van der Waals surface area contributed by atoms with Gasteiger partial charge in [-0.1, -0.05) is 6.92 Å². The second-order valence-corrected chi connectivity index (χ2v) is 5.95. The van der Waals surface area contributed by atoms with Crippen molar-refractivity contribution < 1.29 is 18.9 Å². The quantitative estimate of drug-likeness (QED) is 0.694. The summed E-state index contributed by atoms with van der Waals surface area (Å²) in [4.78, 5) is 0. The summed E-state index contributed by atoms with van der Waals surface area (Å²) in [5, 5.41) is 3.58. The SMILES string of the molecule is CCNC(C1CCOC2(CCOC2)C1)C(OCC)OCC. The summed E-state index contributed by atoms with van der Waals surface area (Å²) in [6.45, 7) is 10.8. The molecule has 1 N–H and O–H groups in total. The summed E-state index contributed by atoms with van der Waals surface area (Å²) in [6.07, 6.45) is 2.91. The topological polar surface area (TPSA) is 49.0 Å². The minimum absolute atomic E-state index is 0.0699. The lowest BCUT2D eigenvalue weighted by atomic mass is 9.80. The van der Waals surface area contributed by atoms with Crippen molar-refractivity contribution in [2.24, 2.45) is 5.92 Å². The third-order valence-corrected chi connectivity index (χ3v) is 4.50. The Kier molecular flexibility index (Phi) is 6.89. The lowest BCUT2D eigenvalue weighted by Crippen LogP contribution is -2.53. The monoisotopic (exact) mass is 301 g/mol. The minimum atomic E-state index is -0.178. The van der Waals surface area contributed by atoms with Gasteiger partial charge < -0.3 is 24.3 Å². The first kappa shape index (κ1) is 17.2. The standard InChI is InChI=1S/C16H31NO4/c1-4-17-14(15(19-5-2)20-6-3)13-7-9-21-16(11-13)8-10-18-12-16/h13-15,17H,4-12H2,1-3H3. The Morgan fingerprint density at radius 3 is 2.52 bits per heavy atom. The van der Waals surface area contributed by atoms with Crippen LogP contribution in [-0.2, 0) is 18.9 Å². The minimum Gasteiger partial charge on any atom is -0.378 e. The Labute approximate surface area is 128 Å². The molecule has 3 atom stereocenters. The van der Waals surface area contributed by atoms with Crippen LogP contribution in [0.4, 0.5) is 0 Å². The third kappa shape index (κ3) is 4.39. The Balaban J connectivity index is 2.04. The van der Waals surface area contributed by atoms with Crippen LogP contribution >= 0.6 is 0 Å². The predicted molar refractivity (Wildman–Crippen MR) is 81.3 cm³/mol. The number of rotatable bonds is 8. The molecule has 124 valence electrons. The van der Waals surface area contributed by atoms with E-state index in [0.29, 0.717) is 19.1 Å². The van der Waals surface area contributed by atoms with Crippen LogP contribution in [0.15, 0.2) is 0 Å². The number of likely N-dealkylation sites (N-methyl/N-ethyl adjacent to an activating group) is 1. The van der Waals surface area contributed by atoms with E-state index < -0.39 is 0 Å². The molecule has 2 rings (SSSR count). The molecule has 3 unspecified atom stereocenters. The molecule has 0 aromatic heterocycles. The Morgan fingerprint density at radius 1 is 1.19 bits per heavy atom. The molecule has 0 bridgehead atoms. The van der Waals surface area contributed by atoms with E-state index in [1.807, 2.05) is 13.8 Å². The molecule has 2 aliphatic heterocycles. The summed E-state index contributed by atoms with van der Waals surface area (Å²) in [7, 11) is 0. The fourth-order valence-electron chi connectivity index (χ4n) is 3.54. The van der Waals surface area contributed by atoms with Gasteiger partial charge in [-0.3, -0.25) is 0 Å². The Hall–Kier alpha value is -0.200. The van der Waals surface area contributed by atoms with Crippen molar-refractivity contribution in [3.8, 4) is 0 Å². The van der Waals surface area contributed by atoms with E-state index in [1.165, 1.54) is 0 Å². The maximum atomic E-state index is 6.05. The highest BCUT2D eigenvalue weighted by atomic mass is 16.7. The molecule has 0 aromatic rings. The van der Waals surface area contributed by atoms with Crippen LogP contribution in [0.1, 0.15) is 40.0 Å². The van der Waals surface area contributed by atoms with Gasteiger partial charge >= 0.3 is 0 Å². The molecular weight excluding hydrogens is 270 g/mol. The average Bonchev–Trinajstić information content (AvgIpc) is 2.92. The Morgan fingerprint density at radius 2 is 1.95 bits per heavy atom. The first-order chi connectivity index (χ1) is 10.2. The molecule has 1 spiro atoms. The van der Waals surface area contributed by atoms with Gasteiger partial charge in [0.05, 0.1) is 18.2 Å². The van der Waals surface area contributed by atoms with E-state index in [4.69, 9.17) is 18.9 Å². The zero-order chi connectivity index (χ0) is 15.1. The van der Waals surface area contributed by atoms with Crippen LogP contribution in [0.3, 0.4) is 0 Å². The molecule has 5 nitrogen and oxygen atoms in total. The third-order valence-electron chi connectivity index (χ3n) is 4.50. The van der Waals surface area contributed by atoms with Crippen molar-refractivity contribution in [3.05, 3.63) is 0 Å². The van der Waals surface area contributed by atoms with Crippen LogP contribution in [0.25, 0.3) is 0 Å². The average molecular weight is 301 g/mol. The van der Waals surface area contributed by atoms with Gasteiger partial charge in [0.25, 0.3) is 0 Å². The first-order valence-corrected chi connectivity index (χ1v) is 8.43. The summed E-state index contributed by atoms with van der Waals surface area (Å²) >= 11 is 0. The molecule has 2 saturated heterocycles. The highest BCUT2D eigenvalue weighted by Crippen LogP contribution is 2.38.